The van der Waals surface area contributed by atoms with Gasteiger partial charge in [-0.05, 0) is 35.9 Å². The van der Waals surface area contributed by atoms with Crippen LogP contribution in [0.25, 0.3) is 17.1 Å². The SMILES string of the molecule is C=Cc1ccc(C(=O)Nc2ccc3[nH]c(=O)[nH]c3c2)cc1. The van der Waals surface area contributed by atoms with Crippen molar-refractivity contribution in [3.8, 4) is 0 Å². The molecule has 3 rings (SSSR count). The lowest BCUT2D eigenvalue weighted by Crippen LogP contribution is -2.11. The molecule has 0 aliphatic rings. The molecule has 1 amide bonds. The third kappa shape index (κ3) is 2.62. The highest BCUT2D eigenvalue weighted by Gasteiger charge is 2.07. The molecule has 5 heteroatoms. The summed E-state index contributed by atoms with van der Waals surface area (Å²) in [5.41, 5.74) is 3.22. The molecule has 0 spiro atoms. The highest BCUT2D eigenvalue weighted by Crippen LogP contribution is 2.16. The molecule has 0 saturated carbocycles. The molecular weight excluding hydrogens is 266 g/mol. The number of fused-ring (bicyclic) bond motifs is 1. The summed E-state index contributed by atoms with van der Waals surface area (Å²) in [7, 11) is 0. The van der Waals surface area contributed by atoms with Crippen molar-refractivity contribution in [1.29, 1.82) is 0 Å². The maximum Gasteiger partial charge on any atom is 0.323 e. The van der Waals surface area contributed by atoms with Gasteiger partial charge in [0.25, 0.3) is 5.91 Å². The number of benzene rings is 2. The van der Waals surface area contributed by atoms with E-state index in [9.17, 15) is 9.59 Å². The minimum Gasteiger partial charge on any atom is -0.322 e. The van der Waals surface area contributed by atoms with Gasteiger partial charge in [0.1, 0.15) is 0 Å². The van der Waals surface area contributed by atoms with Crippen molar-refractivity contribution in [2.24, 2.45) is 0 Å². The molecule has 1 aromatic heterocycles. The normalized spacial score (nSPS) is 10.5. The van der Waals surface area contributed by atoms with Crippen molar-refractivity contribution in [2.45, 2.75) is 0 Å². The van der Waals surface area contributed by atoms with Gasteiger partial charge in [-0.15, -0.1) is 0 Å². The first kappa shape index (κ1) is 12.9. The molecule has 3 aromatic rings. The van der Waals surface area contributed by atoms with Crippen molar-refractivity contribution in [3.05, 3.63) is 70.7 Å². The van der Waals surface area contributed by atoms with E-state index >= 15 is 0 Å². The van der Waals surface area contributed by atoms with Crippen molar-refractivity contribution >= 4 is 28.7 Å². The second-order valence-corrected chi connectivity index (χ2v) is 4.62. The van der Waals surface area contributed by atoms with Crippen LogP contribution in [-0.4, -0.2) is 15.9 Å². The van der Waals surface area contributed by atoms with Crippen molar-refractivity contribution in [3.63, 3.8) is 0 Å². The van der Waals surface area contributed by atoms with E-state index in [1.54, 1.807) is 36.4 Å². The maximum absolute atomic E-state index is 12.1. The molecule has 0 unspecified atom stereocenters. The maximum atomic E-state index is 12.1. The number of H-pyrrole nitrogens is 2. The molecule has 0 saturated heterocycles. The van der Waals surface area contributed by atoms with Gasteiger partial charge < -0.3 is 15.3 Å². The number of hydrogen-bond acceptors (Lipinski definition) is 2. The molecule has 0 fully saturated rings. The summed E-state index contributed by atoms with van der Waals surface area (Å²) in [4.78, 5) is 28.6. The molecule has 0 radical (unpaired) electrons. The molecule has 0 aliphatic heterocycles. The molecule has 104 valence electrons. The van der Waals surface area contributed by atoms with Gasteiger partial charge in [0.05, 0.1) is 11.0 Å². The van der Waals surface area contributed by atoms with Crippen molar-refractivity contribution < 1.29 is 4.79 Å². The minimum absolute atomic E-state index is 0.206. The number of aromatic amines is 2. The van der Waals surface area contributed by atoms with Gasteiger partial charge in [0.2, 0.25) is 0 Å². The van der Waals surface area contributed by atoms with Gasteiger partial charge >= 0.3 is 5.69 Å². The van der Waals surface area contributed by atoms with E-state index in [0.717, 1.165) is 5.56 Å². The lowest BCUT2D eigenvalue weighted by molar-refractivity contribution is 0.102. The molecule has 1 heterocycles. The lowest BCUT2D eigenvalue weighted by atomic mass is 10.1. The average Bonchev–Trinajstić information content (AvgIpc) is 2.86. The molecule has 21 heavy (non-hydrogen) atoms. The van der Waals surface area contributed by atoms with E-state index in [1.165, 1.54) is 0 Å². The van der Waals surface area contributed by atoms with Crippen LogP contribution in [0.4, 0.5) is 5.69 Å². The van der Waals surface area contributed by atoms with Gasteiger partial charge in [0, 0.05) is 11.3 Å². The lowest BCUT2D eigenvalue weighted by Gasteiger charge is -2.05. The average molecular weight is 279 g/mol. The van der Waals surface area contributed by atoms with Crippen molar-refractivity contribution in [1.82, 2.24) is 9.97 Å². The van der Waals surface area contributed by atoms with Crippen LogP contribution in [0.1, 0.15) is 15.9 Å². The van der Waals surface area contributed by atoms with Crippen LogP contribution in [0.5, 0.6) is 0 Å². The Hall–Kier alpha value is -3.08. The molecule has 2 aromatic carbocycles. The van der Waals surface area contributed by atoms with Crippen LogP contribution in [0.2, 0.25) is 0 Å². The molecule has 5 nitrogen and oxygen atoms in total. The minimum atomic E-state index is -0.270. The Bertz CT molecular complexity index is 872. The highest BCUT2D eigenvalue weighted by atomic mass is 16.1. The summed E-state index contributed by atoms with van der Waals surface area (Å²) >= 11 is 0. The molecule has 3 N–H and O–H groups in total. The number of amides is 1. The van der Waals surface area contributed by atoms with E-state index in [1.807, 2.05) is 12.1 Å². The fourth-order valence-electron chi connectivity index (χ4n) is 2.08. The Balaban J connectivity index is 1.84. The molecule has 0 aliphatic carbocycles. The first-order valence-corrected chi connectivity index (χ1v) is 6.41. The van der Waals surface area contributed by atoms with Gasteiger partial charge in [-0.1, -0.05) is 24.8 Å². The summed E-state index contributed by atoms with van der Waals surface area (Å²) in [5, 5.41) is 2.80. The standard InChI is InChI=1S/C16H13N3O2/c1-2-10-3-5-11(6-4-10)15(20)17-12-7-8-13-14(9-12)19-16(21)18-13/h2-9H,1H2,(H,17,20)(H2,18,19,21). The number of carbonyl (C=O) groups excluding carboxylic acids is 1. The van der Waals surface area contributed by atoms with Crippen LogP contribution in [0.15, 0.2) is 53.8 Å². The van der Waals surface area contributed by atoms with E-state index in [2.05, 4.69) is 21.9 Å². The second-order valence-electron chi connectivity index (χ2n) is 4.62. The number of nitrogens with one attached hydrogen (secondary N) is 3. The quantitative estimate of drug-likeness (QED) is 0.689. The summed E-state index contributed by atoms with van der Waals surface area (Å²) in [6, 6.07) is 12.3. The Morgan fingerprint density at radius 3 is 2.48 bits per heavy atom. The van der Waals surface area contributed by atoms with Crippen LogP contribution in [0.3, 0.4) is 0 Å². The number of imidazole rings is 1. The van der Waals surface area contributed by atoms with Crippen LogP contribution < -0.4 is 11.0 Å². The Morgan fingerprint density at radius 1 is 1.05 bits per heavy atom. The summed E-state index contributed by atoms with van der Waals surface area (Å²) in [6.45, 7) is 3.67. The molecule has 0 bridgehead atoms. The molecule has 0 atom stereocenters. The van der Waals surface area contributed by atoms with Crippen LogP contribution in [0, 0.1) is 0 Å². The predicted molar refractivity (Wildman–Crippen MR) is 83.4 cm³/mol. The van der Waals surface area contributed by atoms with Gasteiger partial charge in [-0.2, -0.15) is 0 Å². The van der Waals surface area contributed by atoms with E-state index < -0.39 is 0 Å². The number of rotatable bonds is 3. The monoisotopic (exact) mass is 279 g/mol. The topological polar surface area (TPSA) is 77.8 Å². The first-order valence-electron chi connectivity index (χ1n) is 6.41. The summed E-state index contributed by atoms with van der Waals surface area (Å²) < 4.78 is 0. The summed E-state index contributed by atoms with van der Waals surface area (Å²) in [6.07, 6.45) is 1.72. The van der Waals surface area contributed by atoms with Crippen LogP contribution >= 0.6 is 0 Å². The highest BCUT2D eigenvalue weighted by molar-refractivity contribution is 6.05. The Morgan fingerprint density at radius 2 is 1.76 bits per heavy atom. The smallest absolute Gasteiger partial charge is 0.322 e. The second kappa shape index (κ2) is 5.13. The zero-order valence-electron chi connectivity index (χ0n) is 11.1. The fraction of sp³-hybridized carbons (Fsp3) is 0. The number of hydrogen-bond donors (Lipinski definition) is 3. The molecular formula is C16H13N3O2. The Kier molecular flexibility index (Phi) is 3.16. The zero-order valence-corrected chi connectivity index (χ0v) is 11.1. The number of aromatic nitrogens is 2. The van der Waals surface area contributed by atoms with Gasteiger partial charge in [-0.3, -0.25) is 4.79 Å². The van der Waals surface area contributed by atoms with Gasteiger partial charge in [-0.25, -0.2) is 4.79 Å². The van der Waals surface area contributed by atoms with Gasteiger partial charge in [0.15, 0.2) is 0 Å². The Labute approximate surface area is 120 Å². The first-order chi connectivity index (χ1) is 10.2. The fourth-order valence-corrected chi connectivity index (χ4v) is 2.08. The zero-order chi connectivity index (χ0) is 14.8. The van der Waals surface area contributed by atoms with E-state index in [0.29, 0.717) is 22.3 Å². The largest absolute Gasteiger partial charge is 0.323 e. The number of anilines is 1. The third-order valence-corrected chi connectivity index (χ3v) is 3.18. The van der Waals surface area contributed by atoms with E-state index in [4.69, 9.17) is 0 Å². The summed E-state index contributed by atoms with van der Waals surface area (Å²) in [5.74, 6) is -0.206. The van der Waals surface area contributed by atoms with E-state index in [-0.39, 0.29) is 11.6 Å². The predicted octanol–water partition coefficient (Wildman–Crippen LogP) is 2.75. The third-order valence-electron chi connectivity index (χ3n) is 3.18. The van der Waals surface area contributed by atoms with Crippen molar-refractivity contribution in [2.75, 3.05) is 5.32 Å². The van der Waals surface area contributed by atoms with Crippen LogP contribution in [-0.2, 0) is 0 Å². The number of carbonyl (C=O) groups is 1.